The summed E-state index contributed by atoms with van der Waals surface area (Å²) in [6, 6.07) is 1.17. The summed E-state index contributed by atoms with van der Waals surface area (Å²) in [4.78, 5) is 26.0. The van der Waals surface area contributed by atoms with Crippen molar-refractivity contribution >= 4 is 34.2 Å². The number of carbonyl (C=O) groups is 1. The maximum absolute atomic E-state index is 15.2. The molecule has 2 aromatic rings. The van der Waals surface area contributed by atoms with Crippen LogP contribution in [0.2, 0.25) is 5.02 Å². The van der Waals surface area contributed by atoms with Crippen LogP contribution in [0.5, 0.6) is 0 Å². The number of halogens is 2. The fourth-order valence-corrected chi connectivity index (χ4v) is 4.86. The lowest BCUT2D eigenvalue weighted by molar-refractivity contribution is 0.0695. The molecule has 1 aromatic carbocycles. The molecule has 2 heterocycles. The third-order valence-electron chi connectivity index (χ3n) is 6.10. The number of carboxylic acid groups (broad SMARTS) is 1. The van der Waals surface area contributed by atoms with Crippen molar-refractivity contribution in [3.05, 3.63) is 63.2 Å². The standard InChI is InChI=1S/C21H19ClFN3O3/c22-16-17-13(19(27)14(20(28)29)9-26(17)12-4-5-12)7-15(23)18(16)25-8-11-3-1-2-6-21(11,24)10-25/h1-3,6-7,9,11-12H,4-5,8,10,24H2,(H,28,29)/t11-,21-/m1/s1. The van der Waals surface area contributed by atoms with Gasteiger partial charge in [-0.1, -0.05) is 35.9 Å². The van der Waals surface area contributed by atoms with Crippen molar-refractivity contribution < 1.29 is 14.3 Å². The van der Waals surface area contributed by atoms with Crippen molar-refractivity contribution in [3.8, 4) is 0 Å². The fraction of sp³-hybridized carbons (Fsp3) is 0.333. The minimum atomic E-state index is -1.33. The Morgan fingerprint density at radius 2 is 2.10 bits per heavy atom. The van der Waals surface area contributed by atoms with Crippen LogP contribution >= 0.6 is 11.6 Å². The fourth-order valence-electron chi connectivity index (χ4n) is 4.45. The predicted octanol–water partition coefficient (Wildman–Crippen LogP) is 3.09. The Morgan fingerprint density at radius 1 is 1.34 bits per heavy atom. The molecular formula is C21H19ClFN3O3. The van der Waals surface area contributed by atoms with E-state index in [2.05, 4.69) is 0 Å². The van der Waals surface area contributed by atoms with E-state index in [1.54, 1.807) is 4.57 Å². The molecule has 3 N–H and O–H groups in total. The average Bonchev–Trinajstić information content (AvgIpc) is 3.43. The van der Waals surface area contributed by atoms with Gasteiger partial charge in [0.25, 0.3) is 0 Å². The third-order valence-corrected chi connectivity index (χ3v) is 6.46. The Hall–Kier alpha value is -2.64. The van der Waals surface area contributed by atoms with E-state index < -0.39 is 22.8 Å². The van der Waals surface area contributed by atoms with Gasteiger partial charge in [0, 0.05) is 31.2 Å². The van der Waals surface area contributed by atoms with Crippen molar-refractivity contribution in [2.24, 2.45) is 11.7 Å². The highest BCUT2D eigenvalue weighted by Crippen LogP contribution is 2.44. The lowest BCUT2D eigenvalue weighted by atomic mass is 9.85. The van der Waals surface area contributed by atoms with Crippen LogP contribution < -0.4 is 16.1 Å². The molecule has 0 radical (unpaired) electrons. The zero-order valence-electron chi connectivity index (χ0n) is 15.4. The minimum absolute atomic E-state index is 0.0121. The molecule has 5 rings (SSSR count). The lowest BCUT2D eigenvalue weighted by Crippen LogP contribution is -2.46. The molecule has 0 spiro atoms. The summed E-state index contributed by atoms with van der Waals surface area (Å²) >= 11 is 6.68. The van der Waals surface area contributed by atoms with Crippen LogP contribution in [0.15, 0.2) is 41.4 Å². The first-order valence-electron chi connectivity index (χ1n) is 9.50. The van der Waals surface area contributed by atoms with Gasteiger partial charge in [0.1, 0.15) is 11.4 Å². The van der Waals surface area contributed by atoms with Crippen molar-refractivity contribution in [2.45, 2.75) is 24.4 Å². The molecule has 0 unspecified atom stereocenters. The van der Waals surface area contributed by atoms with Gasteiger partial charge in [-0.2, -0.15) is 0 Å². The van der Waals surface area contributed by atoms with E-state index in [1.807, 2.05) is 29.2 Å². The molecule has 0 amide bonds. The zero-order chi connectivity index (χ0) is 20.5. The van der Waals surface area contributed by atoms with Gasteiger partial charge in [0.15, 0.2) is 0 Å². The van der Waals surface area contributed by atoms with Gasteiger partial charge in [-0.3, -0.25) is 4.79 Å². The van der Waals surface area contributed by atoms with E-state index in [1.165, 1.54) is 6.20 Å². The quantitative estimate of drug-likeness (QED) is 0.804. The number of benzene rings is 1. The van der Waals surface area contributed by atoms with E-state index in [-0.39, 0.29) is 33.6 Å². The number of pyridine rings is 1. The van der Waals surface area contributed by atoms with Crippen LogP contribution in [0.3, 0.4) is 0 Å². The monoisotopic (exact) mass is 415 g/mol. The van der Waals surface area contributed by atoms with Crippen molar-refractivity contribution in [1.29, 1.82) is 0 Å². The molecular weight excluding hydrogens is 397 g/mol. The molecule has 1 aromatic heterocycles. The normalized spacial score (nSPS) is 25.6. The van der Waals surface area contributed by atoms with Crippen LogP contribution in [-0.2, 0) is 0 Å². The molecule has 2 atom stereocenters. The molecule has 2 fully saturated rings. The first kappa shape index (κ1) is 18.4. The number of aromatic nitrogens is 1. The second-order valence-corrected chi connectivity index (χ2v) is 8.45. The van der Waals surface area contributed by atoms with Gasteiger partial charge >= 0.3 is 5.97 Å². The number of allylic oxidation sites excluding steroid dienone is 2. The van der Waals surface area contributed by atoms with Crippen molar-refractivity contribution in [2.75, 3.05) is 18.0 Å². The largest absolute Gasteiger partial charge is 0.477 e. The van der Waals surface area contributed by atoms with Gasteiger partial charge in [-0.15, -0.1) is 0 Å². The molecule has 0 bridgehead atoms. The molecule has 1 saturated carbocycles. The van der Waals surface area contributed by atoms with Crippen LogP contribution in [0.1, 0.15) is 29.2 Å². The summed E-state index contributed by atoms with van der Waals surface area (Å²) in [5.74, 6) is -1.96. The zero-order valence-corrected chi connectivity index (χ0v) is 16.2. The van der Waals surface area contributed by atoms with Gasteiger partial charge in [0.05, 0.1) is 27.2 Å². The number of anilines is 1. The van der Waals surface area contributed by atoms with Gasteiger partial charge in [-0.25, -0.2) is 9.18 Å². The maximum Gasteiger partial charge on any atom is 0.341 e. The van der Waals surface area contributed by atoms with Gasteiger partial charge < -0.3 is 20.3 Å². The summed E-state index contributed by atoms with van der Waals surface area (Å²) in [7, 11) is 0. The molecule has 1 aliphatic heterocycles. The molecule has 3 aliphatic rings. The Kier molecular flexibility index (Phi) is 3.92. The molecule has 1 saturated heterocycles. The number of carboxylic acids is 1. The molecule has 29 heavy (non-hydrogen) atoms. The molecule has 2 aliphatic carbocycles. The Labute approximate surface area is 170 Å². The maximum atomic E-state index is 15.2. The van der Waals surface area contributed by atoms with Crippen LogP contribution in [-0.4, -0.2) is 34.3 Å². The number of fused-ring (bicyclic) bond motifs is 2. The second kappa shape index (κ2) is 6.18. The molecule has 6 nitrogen and oxygen atoms in total. The minimum Gasteiger partial charge on any atom is -0.477 e. The highest BCUT2D eigenvalue weighted by atomic mass is 35.5. The summed E-state index contributed by atoms with van der Waals surface area (Å²) in [5, 5.41) is 9.50. The number of nitrogens with two attached hydrogens (primary N) is 1. The summed E-state index contributed by atoms with van der Waals surface area (Å²) < 4.78 is 16.9. The summed E-state index contributed by atoms with van der Waals surface area (Å²) in [5.41, 5.74) is 5.38. The Bertz CT molecular complexity index is 1180. The number of hydrogen-bond acceptors (Lipinski definition) is 4. The first-order valence-corrected chi connectivity index (χ1v) is 9.88. The molecule has 150 valence electrons. The van der Waals surface area contributed by atoms with Gasteiger partial charge in [-0.05, 0) is 18.9 Å². The summed E-state index contributed by atoms with van der Waals surface area (Å²) in [6.45, 7) is 0.891. The smallest absolute Gasteiger partial charge is 0.341 e. The highest BCUT2D eigenvalue weighted by Gasteiger charge is 2.43. The Morgan fingerprint density at radius 3 is 2.76 bits per heavy atom. The number of aromatic carboxylic acids is 1. The average molecular weight is 416 g/mol. The van der Waals surface area contributed by atoms with E-state index >= 15 is 4.39 Å². The Balaban J connectivity index is 1.73. The van der Waals surface area contributed by atoms with E-state index in [4.69, 9.17) is 17.3 Å². The van der Waals surface area contributed by atoms with Gasteiger partial charge in [0.2, 0.25) is 5.43 Å². The molecule has 8 heteroatoms. The van der Waals surface area contributed by atoms with Crippen LogP contribution in [0.4, 0.5) is 10.1 Å². The summed E-state index contributed by atoms with van der Waals surface area (Å²) in [6.07, 6.45) is 10.8. The SMILES string of the molecule is N[C@@]12C=CC=C[C@@H]1CN(c1c(F)cc3c(=O)c(C(=O)O)cn(C4CC4)c3c1Cl)C2. The number of rotatable bonds is 3. The third kappa shape index (κ3) is 2.72. The van der Waals surface area contributed by atoms with E-state index in [0.717, 1.165) is 18.9 Å². The highest BCUT2D eigenvalue weighted by molar-refractivity contribution is 6.38. The topological polar surface area (TPSA) is 88.6 Å². The second-order valence-electron chi connectivity index (χ2n) is 8.08. The van der Waals surface area contributed by atoms with Crippen LogP contribution in [0, 0.1) is 11.7 Å². The number of hydrogen-bond donors (Lipinski definition) is 2. The van der Waals surface area contributed by atoms with Crippen molar-refractivity contribution in [3.63, 3.8) is 0 Å². The number of nitrogens with zero attached hydrogens (tertiary/aromatic N) is 2. The predicted molar refractivity (Wildman–Crippen MR) is 109 cm³/mol. The van der Waals surface area contributed by atoms with E-state index in [9.17, 15) is 14.7 Å². The van der Waals surface area contributed by atoms with E-state index in [0.29, 0.717) is 18.6 Å². The lowest BCUT2D eigenvalue weighted by Gasteiger charge is -2.27. The first-order chi connectivity index (χ1) is 13.8. The van der Waals surface area contributed by atoms with Crippen molar-refractivity contribution in [1.82, 2.24) is 4.57 Å². The van der Waals surface area contributed by atoms with Crippen LogP contribution in [0.25, 0.3) is 10.9 Å².